The van der Waals surface area contributed by atoms with E-state index in [0.29, 0.717) is 37.5 Å². The molecule has 144 valence electrons. The maximum Gasteiger partial charge on any atom is 0.270 e. The van der Waals surface area contributed by atoms with E-state index in [0.717, 1.165) is 5.39 Å². The zero-order chi connectivity index (χ0) is 20.1. The number of benzene rings is 2. The highest BCUT2D eigenvalue weighted by Crippen LogP contribution is 2.39. The summed E-state index contributed by atoms with van der Waals surface area (Å²) in [6.45, 7) is 0.170. The number of aromatic nitrogens is 1. The topological polar surface area (TPSA) is 71.9 Å². The van der Waals surface area contributed by atoms with Gasteiger partial charge in [0, 0.05) is 23.1 Å². The fraction of sp³-hybridized carbons (Fsp3) is 0.0500. The third kappa shape index (κ3) is 3.19. The third-order valence-electron chi connectivity index (χ3n) is 4.46. The second kappa shape index (κ2) is 6.91. The summed E-state index contributed by atoms with van der Waals surface area (Å²) in [4.78, 5) is 19.1. The van der Waals surface area contributed by atoms with Gasteiger partial charge < -0.3 is 14.6 Å². The van der Waals surface area contributed by atoms with Gasteiger partial charge in [-0.3, -0.25) is 9.69 Å². The van der Waals surface area contributed by atoms with E-state index in [-0.39, 0.29) is 23.6 Å². The van der Waals surface area contributed by atoms with Crippen molar-refractivity contribution < 1.29 is 19.4 Å². The van der Waals surface area contributed by atoms with E-state index in [1.807, 2.05) is 12.1 Å². The molecule has 29 heavy (non-hydrogen) atoms. The number of aromatic hydroxyl groups is 1. The quantitative estimate of drug-likeness (QED) is 0.349. The van der Waals surface area contributed by atoms with Crippen molar-refractivity contribution >= 4 is 68.5 Å². The Morgan fingerprint density at radius 1 is 1.21 bits per heavy atom. The highest BCUT2D eigenvalue weighted by atomic mass is 35.5. The van der Waals surface area contributed by atoms with E-state index < -0.39 is 0 Å². The summed E-state index contributed by atoms with van der Waals surface area (Å²) < 4.78 is 11.2. The summed E-state index contributed by atoms with van der Waals surface area (Å²) in [5.74, 6) is 1.04. The maximum absolute atomic E-state index is 12.9. The molecule has 1 N–H and O–H groups in total. The summed E-state index contributed by atoms with van der Waals surface area (Å²) in [6.07, 6.45) is 1.67. The Kier molecular flexibility index (Phi) is 4.34. The summed E-state index contributed by atoms with van der Waals surface area (Å²) in [7, 11) is 0. The van der Waals surface area contributed by atoms with Crippen molar-refractivity contribution in [1.82, 2.24) is 4.98 Å². The van der Waals surface area contributed by atoms with Crippen molar-refractivity contribution in [3.8, 4) is 17.2 Å². The molecule has 1 fully saturated rings. The molecule has 1 amide bonds. The molecule has 9 heteroatoms. The van der Waals surface area contributed by atoms with Gasteiger partial charge in [-0.05, 0) is 30.3 Å². The molecule has 0 spiro atoms. The number of amides is 1. The van der Waals surface area contributed by atoms with E-state index in [2.05, 4.69) is 4.98 Å². The lowest BCUT2D eigenvalue weighted by molar-refractivity contribution is -0.113. The van der Waals surface area contributed by atoms with Gasteiger partial charge >= 0.3 is 0 Å². The van der Waals surface area contributed by atoms with Crippen molar-refractivity contribution in [2.24, 2.45) is 0 Å². The van der Waals surface area contributed by atoms with Crippen molar-refractivity contribution in [3.63, 3.8) is 0 Å². The zero-order valence-electron chi connectivity index (χ0n) is 14.6. The monoisotopic (exact) mass is 442 g/mol. The number of ether oxygens (including phenoxy) is 2. The van der Waals surface area contributed by atoms with Crippen LogP contribution in [0.25, 0.3) is 17.0 Å². The van der Waals surface area contributed by atoms with Crippen molar-refractivity contribution in [2.45, 2.75) is 0 Å². The summed E-state index contributed by atoms with van der Waals surface area (Å²) in [6, 6.07) is 11.8. The normalized spacial score (nSPS) is 17.0. The molecular formula is C20H11ClN2O4S2. The van der Waals surface area contributed by atoms with Gasteiger partial charge in [0.1, 0.15) is 10.9 Å². The fourth-order valence-corrected chi connectivity index (χ4v) is 4.61. The maximum atomic E-state index is 12.9. The lowest BCUT2D eigenvalue weighted by Crippen LogP contribution is -2.27. The van der Waals surface area contributed by atoms with Crippen molar-refractivity contribution in [2.75, 3.05) is 11.7 Å². The number of hydrogen-bond donors (Lipinski definition) is 1. The number of pyridine rings is 1. The van der Waals surface area contributed by atoms with E-state index in [4.69, 9.17) is 33.3 Å². The average molecular weight is 443 g/mol. The minimum Gasteiger partial charge on any atom is -0.508 e. The van der Waals surface area contributed by atoms with E-state index >= 15 is 0 Å². The Bertz CT molecular complexity index is 1240. The lowest BCUT2D eigenvalue weighted by Gasteiger charge is -2.14. The molecule has 3 aromatic rings. The molecule has 3 heterocycles. The number of nitrogens with zero attached hydrogens (tertiary/aromatic N) is 2. The number of phenols is 1. The van der Waals surface area contributed by atoms with Gasteiger partial charge in [0.2, 0.25) is 6.79 Å². The van der Waals surface area contributed by atoms with Crippen LogP contribution in [0.5, 0.6) is 17.2 Å². The molecule has 2 aliphatic rings. The number of hydrogen-bond acceptors (Lipinski definition) is 7. The Morgan fingerprint density at radius 2 is 2.00 bits per heavy atom. The Labute approximate surface area is 179 Å². The molecule has 0 atom stereocenters. The first-order valence-electron chi connectivity index (χ1n) is 8.46. The predicted octanol–water partition coefficient (Wildman–Crippen LogP) is 4.73. The van der Waals surface area contributed by atoms with Crippen LogP contribution < -0.4 is 14.4 Å². The van der Waals surface area contributed by atoms with Crippen LogP contribution >= 0.6 is 35.6 Å². The van der Waals surface area contributed by atoms with Crippen LogP contribution in [0.2, 0.25) is 5.15 Å². The van der Waals surface area contributed by atoms with Crippen LogP contribution in [-0.2, 0) is 4.79 Å². The smallest absolute Gasteiger partial charge is 0.270 e. The molecule has 1 saturated heterocycles. The molecule has 0 radical (unpaired) electrons. The van der Waals surface area contributed by atoms with Gasteiger partial charge in [-0.2, -0.15) is 0 Å². The number of carbonyl (C=O) groups is 1. The number of carbonyl (C=O) groups excluding carboxylic acids is 1. The minimum absolute atomic E-state index is 0.0565. The SMILES string of the molecule is O=C1C(=Cc2cc3cc4c(cc3nc2Cl)OCO4)SC(=S)N1c1cccc(O)c1. The molecule has 2 aromatic carbocycles. The van der Waals surface area contributed by atoms with Gasteiger partial charge in [-0.1, -0.05) is 41.6 Å². The fourth-order valence-electron chi connectivity index (χ4n) is 3.12. The van der Waals surface area contributed by atoms with Crippen LogP contribution in [0.1, 0.15) is 5.56 Å². The first kappa shape index (κ1) is 18.2. The van der Waals surface area contributed by atoms with Crippen LogP contribution in [-0.4, -0.2) is 27.1 Å². The van der Waals surface area contributed by atoms with Crippen molar-refractivity contribution in [3.05, 3.63) is 58.1 Å². The molecule has 6 nitrogen and oxygen atoms in total. The summed E-state index contributed by atoms with van der Waals surface area (Å²) in [5, 5.41) is 10.8. The summed E-state index contributed by atoms with van der Waals surface area (Å²) >= 11 is 12.9. The molecule has 0 saturated carbocycles. The van der Waals surface area contributed by atoms with Gasteiger partial charge in [-0.15, -0.1) is 0 Å². The molecule has 0 bridgehead atoms. The van der Waals surface area contributed by atoms with Gasteiger partial charge in [-0.25, -0.2) is 4.98 Å². The number of thiocarbonyl (C=S) groups is 1. The standard InChI is InChI=1S/C20H11ClN2O4S2/c21-18-11(4-10-5-15-16(27-9-26-15)8-14(10)22-18)6-17-19(25)23(20(28)29-17)12-2-1-3-13(24)7-12/h1-8,24H,9H2. The number of fused-ring (bicyclic) bond motifs is 2. The number of thioether (sulfide) groups is 1. The van der Waals surface area contributed by atoms with E-state index in [1.54, 1.807) is 24.3 Å². The Morgan fingerprint density at radius 3 is 2.79 bits per heavy atom. The lowest BCUT2D eigenvalue weighted by atomic mass is 10.1. The van der Waals surface area contributed by atoms with Crippen LogP contribution in [0.4, 0.5) is 5.69 Å². The number of anilines is 1. The van der Waals surface area contributed by atoms with Crippen molar-refractivity contribution in [1.29, 1.82) is 0 Å². The van der Waals surface area contributed by atoms with Gasteiger partial charge in [0.25, 0.3) is 5.91 Å². The minimum atomic E-state index is -0.285. The third-order valence-corrected chi connectivity index (χ3v) is 6.06. The largest absolute Gasteiger partial charge is 0.508 e. The molecule has 0 aliphatic carbocycles. The second-order valence-corrected chi connectivity index (χ2v) is 8.34. The molecule has 0 unspecified atom stereocenters. The summed E-state index contributed by atoms with van der Waals surface area (Å²) in [5.41, 5.74) is 1.77. The van der Waals surface area contributed by atoms with Crippen LogP contribution in [0, 0.1) is 0 Å². The highest BCUT2D eigenvalue weighted by Gasteiger charge is 2.33. The van der Waals surface area contributed by atoms with Crippen LogP contribution in [0.15, 0.2) is 47.4 Å². The zero-order valence-corrected chi connectivity index (χ0v) is 17.0. The van der Waals surface area contributed by atoms with E-state index in [1.165, 1.54) is 28.8 Å². The first-order valence-corrected chi connectivity index (χ1v) is 10.1. The predicted molar refractivity (Wildman–Crippen MR) is 117 cm³/mol. The Balaban J connectivity index is 1.54. The first-order chi connectivity index (χ1) is 14.0. The Hall–Kier alpha value is -2.81. The van der Waals surface area contributed by atoms with E-state index in [9.17, 15) is 9.90 Å². The van der Waals surface area contributed by atoms with Gasteiger partial charge in [0.05, 0.1) is 16.1 Å². The average Bonchev–Trinajstić information content (AvgIpc) is 3.24. The van der Waals surface area contributed by atoms with Gasteiger partial charge in [0.15, 0.2) is 15.8 Å². The second-order valence-electron chi connectivity index (χ2n) is 6.30. The molecule has 2 aliphatic heterocycles. The van der Waals surface area contributed by atoms with Crippen LogP contribution in [0.3, 0.4) is 0 Å². The molecular weight excluding hydrogens is 432 g/mol. The highest BCUT2D eigenvalue weighted by molar-refractivity contribution is 8.27. The number of halogens is 1. The molecule has 5 rings (SSSR count). The number of phenolic OH excluding ortho intramolecular Hbond substituents is 1. The molecule has 1 aromatic heterocycles. The number of rotatable bonds is 2.